The molecule has 0 rings (SSSR count). The third-order valence-electron chi connectivity index (χ3n) is 8.71. The summed E-state index contributed by atoms with van der Waals surface area (Å²) in [5, 5.41) is 5.39. The summed E-state index contributed by atoms with van der Waals surface area (Å²) in [6, 6.07) is 0. The fraction of sp³-hybridized carbons (Fsp3) is 0.875. The Balaban J connectivity index is -0.000000363. The number of hydrogen-bond acceptors (Lipinski definition) is 11. The molecule has 0 saturated carbocycles. The molecule has 0 saturated heterocycles. The van der Waals surface area contributed by atoms with Crippen molar-refractivity contribution in [3.8, 4) is 0 Å². The average molecular weight is 875 g/mol. The van der Waals surface area contributed by atoms with E-state index in [1.165, 1.54) is 0 Å². The molecule has 0 fully saturated rings. The maximum absolute atomic E-state index is 11.6. The Hall–Kier alpha value is -2.58. The average Bonchev–Trinajstić information content (AvgIpc) is 3.16. The number of carbonyl (C=O) groups excluding carboxylic acids is 6. The summed E-state index contributed by atoms with van der Waals surface area (Å²) in [5.41, 5.74) is -1.01. The van der Waals surface area contributed by atoms with E-state index < -0.39 is 0 Å². The number of ether oxygens (including phenoxy) is 5. The van der Waals surface area contributed by atoms with Crippen LogP contribution in [0.4, 0.5) is 0 Å². The van der Waals surface area contributed by atoms with Crippen LogP contribution < -0.4 is 10.6 Å². The Morgan fingerprint density at radius 2 is 0.738 bits per heavy atom. The second-order valence-corrected chi connectivity index (χ2v) is 19.0. The summed E-state index contributed by atoms with van der Waals surface area (Å²) < 4.78 is 26.5. The van der Waals surface area contributed by atoms with Crippen molar-refractivity contribution in [1.82, 2.24) is 10.6 Å². The fourth-order valence-corrected chi connectivity index (χ4v) is 4.59. The molecule has 0 aliphatic rings. The Labute approximate surface area is 373 Å². The van der Waals surface area contributed by atoms with E-state index in [-0.39, 0.29) is 56.7 Å². The van der Waals surface area contributed by atoms with Crippen molar-refractivity contribution < 1.29 is 52.5 Å². The number of carbonyl (C=O) groups is 6. The van der Waals surface area contributed by atoms with E-state index in [9.17, 15) is 28.8 Å². The van der Waals surface area contributed by atoms with Crippen molar-refractivity contribution in [3.05, 3.63) is 0 Å². The van der Waals surface area contributed by atoms with E-state index in [2.05, 4.69) is 24.5 Å². The molecule has 0 aromatic carbocycles. The topological polar surface area (TPSA) is 173 Å². The van der Waals surface area contributed by atoms with E-state index in [0.717, 1.165) is 25.9 Å². The lowest BCUT2D eigenvalue weighted by molar-refractivity contribution is -0.130. The minimum absolute atomic E-state index is 0.00158. The van der Waals surface area contributed by atoms with E-state index in [1.807, 2.05) is 96.9 Å². The van der Waals surface area contributed by atoms with Crippen LogP contribution in [0.2, 0.25) is 0 Å². The van der Waals surface area contributed by atoms with Crippen LogP contribution in [0.3, 0.4) is 0 Å². The van der Waals surface area contributed by atoms with Gasteiger partial charge in [0, 0.05) is 79.4 Å². The summed E-state index contributed by atoms with van der Waals surface area (Å²) in [4.78, 5) is 67.8. The zero-order valence-corrected chi connectivity index (χ0v) is 42.2. The molecule has 13 nitrogen and oxygen atoms in total. The molecule has 0 spiro atoms. The predicted molar refractivity (Wildman–Crippen MR) is 247 cm³/mol. The number of amides is 2. The van der Waals surface area contributed by atoms with E-state index in [1.54, 1.807) is 6.92 Å². The highest BCUT2D eigenvalue weighted by atomic mass is 16.5. The lowest BCUT2D eigenvalue weighted by Gasteiger charge is -2.21. The first-order valence-corrected chi connectivity index (χ1v) is 22.7. The van der Waals surface area contributed by atoms with Gasteiger partial charge >= 0.3 is 0 Å². The van der Waals surface area contributed by atoms with Crippen molar-refractivity contribution in [2.24, 2.45) is 27.6 Å². The highest BCUT2D eigenvalue weighted by Crippen LogP contribution is 2.22. The molecule has 362 valence electrons. The van der Waals surface area contributed by atoms with Gasteiger partial charge in [-0.05, 0) is 12.8 Å². The van der Waals surface area contributed by atoms with Gasteiger partial charge in [-0.3, -0.25) is 28.8 Å². The van der Waals surface area contributed by atoms with Gasteiger partial charge in [0.25, 0.3) is 0 Å². The standard InChI is InChI=1S/C14H27NO4.C14H28O4.C10H19NO2.C10H20O/c1-5-13(17)15-7-9-19-11-10-18-8-6-12(16)14(2,3)4;1-5-7-16-9-11-18-12-10-17-8-6-13(15)14(2,3)4;1-5-9(13)11-7-6-8(12)10(2,3)4;1-6-7-8(2)9(11)10(3,4)5/h5-11H2,1-4H3,(H,15,17);5-12H2,1-4H3;5-7H2,1-4H3,(H,11,13);8H,6-7H2,1-5H3. The number of rotatable bonds is 28. The summed E-state index contributed by atoms with van der Waals surface area (Å²) in [7, 11) is 0. The van der Waals surface area contributed by atoms with Gasteiger partial charge in [0.15, 0.2) is 0 Å². The number of nitrogens with one attached hydrogen (secondary N) is 2. The van der Waals surface area contributed by atoms with E-state index in [4.69, 9.17) is 23.7 Å². The van der Waals surface area contributed by atoms with Crippen LogP contribution in [0.15, 0.2) is 0 Å². The van der Waals surface area contributed by atoms with Gasteiger partial charge in [0.1, 0.15) is 23.1 Å². The quantitative estimate of drug-likeness (QED) is 0.0722. The van der Waals surface area contributed by atoms with Crippen molar-refractivity contribution in [1.29, 1.82) is 0 Å². The molecule has 1 unspecified atom stereocenters. The number of hydrogen-bond donors (Lipinski definition) is 2. The van der Waals surface area contributed by atoms with Gasteiger partial charge < -0.3 is 34.3 Å². The predicted octanol–water partition coefficient (Wildman–Crippen LogP) is 8.56. The third kappa shape index (κ3) is 45.3. The van der Waals surface area contributed by atoms with Crippen LogP contribution in [-0.4, -0.2) is 114 Å². The number of ketones is 4. The molecule has 0 aliphatic carbocycles. The summed E-state index contributed by atoms with van der Waals surface area (Å²) in [5.74, 6) is 1.28. The Morgan fingerprint density at radius 3 is 1.07 bits per heavy atom. The summed E-state index contributed by atoms with van der Waals surface area (Å²) >= 11 is 0. The Kier molecular flexibility index (Phi) is 40.4. The Bertz CT molecular complexity index is 1160. The van der Waals surface area contributed by atoms with Gasteiger partial charge in [0.05, 0.1) is 59.5 Å². The molecule has 0 aromatic heterocycles. The van der Waals surface area contributed by atoms with Gasteiger partial charge in [-0.1, -0.05) is 124 Å². The molecule has 0 radical (unpaired) electrons. The highest BCUT2D eigenvalue weighted by molar-refractivity contribution is 5.86. The first kappa shape index (κ1) is 65.0. The molecule has 0 heterocycles. The second kappa shape index (κ2) is 37.9. The zero-order chi connectivity index (χ0) is 48.1. The van der Waals surface area contributed by atoms with Crippen molar-refractivity contribution in [2.45, 2.75) is 169 Å². The van der Waals surface area contributed by atoms with Crippen molar-refractivity contribution in [2.75, 3.05) is 79.2 Å². The van der Waals surface area contributed by atoms with Crippen LogP contribution in [0, 0.1) is 27.6 Å². The van der Waals surface area contributed by atoms with Gasteiger partial charge in [-0.15, -0.1) is 0 Å². The maximum Gasteiger partial charge on any atom is 0.219 e. The van der Waals surface area contributed by atoms with Crippen LogP contribution in [-0.2, 0) is 52.5 Å². The van der Waals surface area contributed by atoms with Crippen molar-refractivity contribution >= 4 is 34.9 Å². The van der Waals surface area contributed by atoms with Crippen LogP contribution in [0.5, 0.6) is 0 Å². The molecule has 0 bridgehead atoms. The SMILES string of the molecule is CCC(=O)NCCC(=O)C(C)(C)C.CCC(=O)NCCOCCOCCC(=O)C(C)(C)C.CCCC(C)C(=O)C(C)(C)C.CCCOCCOCCOCCC(=O)C(C)(C)C. The molecule has 0 aliphatic heterocycles. The van der Waals surface area contributed by atoms with Crippen LogP contribution in [0.1, 0.15) is 169 Å². The largest absolute Gasteiger partial charge is 0.379 e. The molecule has 0 aromatic rings. The van der Waals surface area contributed by atoms with Crippen molar-refractivity contribution in [3.63, 3.8) is 0 Å². The molecular weight excluding hydrogens is 781 g/mol. The van der Waals surface area contributed by atoms with E-state index in [0.29, 0.717) is 110 Å². The monoisotopic (exact) mass is 875 g/mol. The lowest BCUT2D eigenvalue weighted by Crippen LogP contribution is -2.29. The van der Waals surface area contributed by atoms with Crippen LogP contribution >= 0.6 is 0 Å². The highest BCUT2D eigenvalue weighted by Gasteiger charge is 2.26. The maximum atomic E-state index is 11.6. The zero-order valence-electron chi connectivity index (χ0n) is 42.2. The third-order valence-corrected chi connectivity index (χ3v) is 8.71. The van der Waals surface area contributed by atoms with Gasteiger partial charge in [-0.25, -0.2) is 0 Å². The molecule has 61 heavy (non-hydrogen) atoms. The first-order chi connectivity index (χ1) is 28.1. The van der Waals surface area contributed by atoms with E-state index >= 15 is 0 Å². The molecule has 13 heteroatoms. The number of Topliss-reactive ketones (excluding diaryl/α,β-unsaturated/α-hetero) is 4. The Morgan fingerprint density at radius 1 is 0.410 bits per heavy atom. The molecule has 2 amide bonds. The smallest absolute Gasteiger partial charge is 0.219 e. The summed E-state index contributed by atoms with van der Waals surface area (Å²) in [6.45, 7) is 39.4. The molecular formula is C48H94N2O11. The normalized spacial score (nSPS) is 12.0. The minimum atomic E-state index is -0.295. The molecule has 2 N–H and O–H groups in total. The van der Waals surface area contributed by atoms with Gasteiger partial charge in [-0.2, -0.15) is 0 Å². The molecule has 1 atom stereocenters. The second-order valence-electron chi connectivity index (χ2n) is 19.0. The van der Waals surface area contributed by atoms with Crippen LogP contribution in [0.25, 0.3) is 0 Å². The minimum Gasteiger partial charge on any atom is -0.379 e. The van der Waals surface area contributed by atoms with Gasteiger partial charge in [0.2, 0.25) is 11.8 Å². The summed E-state index contributed by atoms with van der Waals surface area (Å²) in [6.07, 6.45) is 5.47. The fourth-order valence-electron chi connectivity index (χ4n) is 4.59. The lowest BCUT2D eigenvalue weighted by atomic mass is 9.82. The first-order valence-electron chi connectivity index (χ1n) is 22.7.